The number of aliphatic carboxylic acids is 1. The summed E-state index contributed by atoms with van der Waals surface area (Å²) in [6, 6.07) is 8.08. The van der Waals surface area contributed by atoms with Crippen LogP contribution < -0.4 is 0 Å². The molecule has 0 aliphatic rings. The molecular formula is C12H10O2S2. The summed E-state index contributed by atoms with van der Waals surface area (Å²) in [6.45, 7) is 1.82. The van der Waals surface area contributed by atoms with Crippen LogP contribution in [0.1, 0.15) is 11.8 Å². The van der Waals surface area contributed by atoms with Crippen molar-refractivity contribution in [1.29, 1.82) is 0 Å². The molecule has 0 radical (unpaired) electrons. The van der Waals surface area contributed by atoms with Gasteiger partial charge in [0.25, 0.3) is 0 Å². The molecule has 0 amide bonds. The number of hydrogen-bond acceptors (Lipinski definition) is 3. The summed E-state index contributed by atoms with van der Waals surface area (Å²) in [6.07, 6.45) is 1.24. The van der Waals surface area contributed by atoms with Gasteiger partial charge in [0, 0.05) is 20.7 Å². The van der Waals surface area contributed by atoms with Crippen molar-refractivity contribution < 1.29 is 9.90 Å². The predicted molar refractivity (Wildman–Crippen MR) is 68.9 cm³/mol. The maximum atomic E-state index is 10.5. The van der Waals surface area contributed by atoms with Crippen molar-refractivity contribution in [2.45, 2.75) is 6.92 Å². The monoisotopic (exact) mass is 250 g/mol. The van der Waals surface area contributed by atoms with E-state index in [-0.39, 0.29) is 0 Å². The molecule has 2 heterocycles. The van der Waals surface area contributed by atoms with E-state index in [1.807, 2.05) is 30.5 Å². The second-order valence-corrected chi connectivity index (χ2v) is 5.34. The normalized spacial score (nSPS) is 11.7. The maximum Gasteiger partial charge on any atom is 0.328 e. The van der Waals surface area contributed by atoms with Crippen molar-refractivity contribution in [1.82, 2.24) is 0 Å². The van der Waals surface area contributed by atoms with Gasteiger partial charge in [-0.05, 0) is 36.1 Å². The van der Waals surface area contributed by atoms with Crippen molar-refractivity contribution in [3.8, 4) is 9.75 Å². The number of carbonyl (C=O) groups is 1. The van der Waals surface area contributed by atoms with Crippen LogP contribution in [0.2, 0.25) is 0 Å². The van der Waals surface area contributed by atoms with E-state index in [1.54, 1.807) is 22.7 Å². The molecule has 0 aliphatic heterocycles. The van der Waals surface area contributed by atoms with Gasteiger partial charge in [-0.3, -0.25) is 0 Å². The van der Waals surface area contributed by atoms with Crippen LogP contribution in [-0.4, -0.2) is 11.1 Å². The summed E-state index contributed by atoms with van der Waals surface area (Å²) in [4.78, 5) is 14.0. The Bertz CT molecular complexity index is 521. The maximum absolute atomic E-state index is 10.5. The number of allylic oxidation sites excluding steroid dienone is 1. The summed E-state index contributed by atoms with van der Waals surface area (Å²) in [5.74, 6) is -0.899. The molecule has 0 unspecified atom stereocenters. The highest BCUT2D eigenvalue weighted by Gasteiger charge is 2.05. The zero-order chi connectivity index (χ0) is 11.5. The number of carboxylic acid groups (broad SMARTS) is 1. The van der Waals surface area contributed by atoms with E-state index in [1.165, 1.54) is 15.8 Å². The summed E-state index contributed by atoms with van der Waals surface area (Å²) < 4.78 is 0. The van der Waals surface area contributed by atoms with E-state index >= 15 is 0 Å². The largest absolute Gasteiger partial charge is 0.478 e. The predicted octanol–water partition coefficient (Wildman–Crippen LogP) is 3.96. The Morgan fingerprint density at radius 3 is 2.75 bits per heavy atom. The Kier molecular flexibility index (Phi) is 3.22. The third kappa shape index (κ3) is 2.40. The minimum Gasteiger partial charge on any atom is -0.478 e. The minimum absolute atomic E-state index is 0.792. The zero-order valence-electron chi connectivity index (χ0n) is 8.64. The molecule has 1 N–H and O–H groups in total. The van der Waals surface area contributed by atoms with Gasteiger partial charge in [-0.15, -0.1) is 22.7 Å². The Morgan fingerprint density at radius 1 is 1.31 bits per heavy atom. The van der Waals surface area contributed by atoms with Gasteiger partial charge in [-0.1, -0.05) is 6.07 Å². The summed E-state index contributed by atoms with van der Waals surface area (Å²) in [5.41, 5.74) is 0.792. The van der Waals surface area contributed by atoms with Gasteiger partial charge in [-0.2, -0.15) is 0 Å². The second kappa shape index (κ2) is 4.63. The SMILES string of the molecule is C/C(=C\C(=O)O)c1ccc(-c2cccs2)s1. The van der Waals surface area contributed by atoms with E-state index in [0.29, 0.717) is 0 Å². The molecule has 2 nitrogen and oxygen atoms in total. The van der Waals surface area contributed by atoms with Crippen molar-refractivity contribution in [2.24, 2.45) is 0 Å². The van der Waals surface area contributed by atoms with Gasteiger partial charge >= 0.3 is 5.97 Å². The molecule has 0 aromatic carbocycles. The molecule has 2 aromatic rings. The van der Waals surface area contributed by atoms with Gasteiger partial charge < -0.3 is 5.11 Å². The molecule has 0 saturated heterocycles. The van der Waals surface area contributed by atoms with Gasteiger partial charge in [-0.25, -0.2) is 4.79 Å². The summed E-state index contributed by atoms with van der Waals surface area (Å²) in [5, 5.41) is 10.7. The summed E-state index contributed by atoms with van der Waals surface area (Å²) >= 11 is 3.31. The molecule has 16 heavy (non-hydrogen) atoms. The van der Waals surface area contributed by atoms with Gasteiger partial charge in [0.15, 0.2) is 0 Å². The number of carboxylic acids is 1. The lowest BCUT2D eigenvalue weighted by Gasteiger charge is -1.93. The molecular weight excluding hydrogens is 240 g/mol. The van der Waals surface area contributed by atoms with Gasteiger partial charge in [0.05, 0.1) is 0 Å². The number of hydrogen-bond donors (Lipinski definition) is 1. The van der Waals surface area contributed by atoms with Crippen LogP contribution in [0.15, 0.2) is 35.7 Å². The molecule has 82 valence electrons. The molecule has 0 atom stereocenters. The first-order chi connectivity index (χ1) is 7.66. The molecule has 0 bridgehead atoms. The van der Waals surface area contributed by atoms with E-state index < -0.39 is 5.97 Å². The van der Waals surface area contributed by atoms with Crippen molar-refractivity contribution >= 4 is 34.2 Å². The Labute approximate surface area is 101 Å². The molecule has 0 saturated carbocycles. The topological polar surface area (TPSA) is 37.3 Å². The lowest BCUT2D eigenvalue weighted by atomic mass is 10.2. The van der Waals surface area contributed by atoms with Crippen LogP contribution in [0.5, 0.6) is 0 Å². The van der Waals surface area contributed by atoms with Crippen molar-refractivity contribution in [2.75, 3.05) is 0 Å². The van der Waals surface area contributed by atoms with Crippen LogP contribution in [0.25, 0.3) is 15.3 Å². The minimum atomic E-state index is -0.899. The third-order valence-corrected chi connectivity index (χ3v) is 4.38. The first-order valence-corrected chi connectivity index (χ1v) is 6.42. The molecule has 0 aliphatic carbocycles. The van der Waals surface area contributed by atoms with Crippen LogP contribution >= 0.6 is 22.7 Å². The van der Waals surface area contributed by atoms with Gasteiger partial charge in [0.1, 0.15) is 0 Å². The average Bonchev–Trinajstić information content (AvgIpc) is 2.87. The average molecular weight is 250 g/mol. The molecule has 4 heteroatoms. The Morgan fingerprint density at radius 2 is 2.12 bits per heavy atom. The zero-order valence-corrected chi connectivity index (χ0v) is 10.3. The van der Waals surface area contributed by atoms with Crippen LogP contribution in [-0.2, 0) is 4.79 Å². The van der Waals surface area contributed by atoms with E-state index in [0.717, 1.165) is 10.5 Å². The highest BCUT2D eigenvalue weighted by Crippen LogP contribution is 2.34. The molecule has 2 aromatic heterocycles. The second-order valence-electron chi connectivity index (χ2n) is 3.31. The standard InChI is InChI=1S/C12H10O2S2/c1-8(7-12(13)14)9-4-5-11(16-9)10-3-2-6-15-10/h2-7H,1H3,(H,13,14)/b8-7+. The number of rotatable bonds is 3. The molecule has 2 rings (SSSR count). The van der Waals surface area contributed by atoms with Crippen LogP contribution in [0.4, 0.5) is 0 Å². The summed E-state index contributed by atoms with van der Waals surface area (Å²) in [7, 11) is 0. The smallest absolute Gasteiger partial charge is 0.328 e. The van der Waals surface area contributed by atoms with Crippen molar-refractivity contribution in [3.05, 3.63) is 40.6 Å². The van der Waals surface area contributed by atoms with Crippen molar-refractivity contribution in [3.63, 3.8) is 0 Å². The van der Waals surface area contributed by atoms with E-state index in [9.17, 15) is 4.79 Å². The molecule has 0 spiro atoms. The Balaban J connectivity index is 2.30. The van der Waals surface area contributed by atoms with Crippen LogP contribution in [0, 0.1) is 0 Å². The first-order valence-electron chi connectivity index (χ1n) is 4.72. The lowest BCUT2D eigenvalue weighted by Crippen LogP contribution is -1.88. The fourth-order valence-electron chi connectivity index (χ4n) is 1.36. The third-order valence-electron chi connectivity index (χ3n) is 2.10. The van der Waals surface area contributed by atoms with Gasteiger partial charge in [0.2, 0.25) is 0 Å². The fraction of sp³-hybridized carbons (Fsp3) is 0.0833. The number of thiophene rings is 2. The highest BCUT2D eigenvalue weighted by atomic mass is 32.1. The Hall–Kier alpha value is -1.39. The van der Waals surface area contributed by atoms with Crippen LogP contribution in [0.3, 0.4) is 0 Å². The highest BCUT2D eigenvalue weighted by molar-refractivity contribution is 7.21. The lowest BCUT2D eigenvalue weighted by molar-refractivity contribution is -0.131. The quantitative estimate of drug-likeness (QED) is 0.837. The van der Waals surface area contributed by atoms with E-state index in [4.69, 9.17) is 5.11 Å². The first kappa shape index (κ1) is 11.1. The fourth-order valence-corrected chi connectivity index (χ4v) is 3.17. The molecule has 0 fully saturated rings. The van der Waals surface area contributed by atoms with E-state index in [2.05, 4.69) is 6.07 Å².